The molecule has 0 bridgehead atoms. The van der Waals surface area contributed by atoms with Crippen molar-refractivity contribution < 1.29 is 18.3 Å². The predicted molar refractivity (Wildman–Crippen MR) is 121 cm³/mol. The van der Waals surface area contributed by atoms with E-state index < -0.39 is 17.8 Å². The molecule has 0 fully saturated rings. The van der Waals surface area contributed by atoms with Crippen molar-refractivity contribution in [3.63, 3.8) is 0 Å². The lowest BCUT2D eigenvalue weighted by molar-refractivity contribution is -0.137. The van der Waals surface area contributed by atoms with Gasteiger partial charge in [0.05, 0.1) is 18.2 Å². The zero-order chi connectivity index (χ0) is 21.5. The van der Waals surface area contributed by atoms with Crippen LogP contribution in [0.3, 0.4) is 0 Å². The maximum Gasteiger partial charge on any atom is 0.416 e. The molecule has 0 aliphatic carbocycles. The molecule has 1 atom stereocenters. The molecule has 0 radical (unpaired) electrons. The van der Waals surface area contributed by atoms with Gasteiger partial charge in [-0.1, -0.05) is 37.9 Å². The summed E-state index contributed by atoms with van der Waals surface area (Å²) in [5, 5.41) is 15.6. The number of benzene rings is 3. The van der Waals surface area contributed by atoms with Crippen molar-refractivity contribution in [2.75, 3.05) is 11.9 Å². The quantitative estimate of drug-likeness (QED) is 0.291. The van der Waals surface area contributed by atoms with Gasteiger partial charge in [-0.05, 0) is 54.6 Å². The summed E-state index contributed by atoms with van der Waals surface area (Å²) < 4.78 is 42.6. The van der Waals surface area contributed by atoms with E-state index in [0.29, 0.717) is 12.2 Å². The number of fused-ring (bicyclic) bond motifs is 3. The minimum absolute atomic E-state index is 0.121. The topological polar surface area (TPSA) is 37.2 Å². The van der Waals surface area contributed by atoms with Gasteiger partial charge in [-0.2, -0.15) is 13.2 Å². The molecule has 4 aromatic rings. The number of aliphatic hydroxyl groups is 1. The van der Waals surface area contributed by atoms with Crippen LogP contribution in [0, 0.1) is 0 Å². The second kappa shape index (κ2) is 8.24. The van der Waals surface area contributed by atoms with Gasteiger partial charge in [0.25, 0.3) is 0 Å². The summed E-state index contributed by atoms with van der Waals surface area (Å²) in [6.07, 6.45) is -5.20. The zero-order valence-electron chi connectivity index (χ0n) is 15.5. The van der Waals surface area contributed by atoms with Gasteiger partial charge in [0.2, 0.25) is 0 Å². The molecule has 8 heteroatoms. The summed E-state index contributed by atoms with van der Waals surface area (Å²) in [4.78, 5) is 0. The van der Waals surface area contributed by atoms with E-state index in [9.17, 15) is 18.3 Å². The summed E-state index contributed by atoms with van der Waals surface area (Å²) >= 11 is 7.01. The molecular weight excluding hydrogens is 525 g/mol. The summed E-state index contributed by atoms with van der Waals surface area (Å²) in [6, 6.07) is 16.9. The zero-order valence-corrected chi connectivity index (χ0v) is 18.7. The van der Waals surface area contributed by atoms with Crippen LogP contribution in [0.5, 0.6) is 0 Å². The molecule has 0 amide bonds. The van der Waals surface area contributed by atoms with Crippen LogP contribution >= 0.6 is 31.9 Å². The van der Waals surface area contributed by atoms with E-state index in [1.54, 1.807) is 6.07 Å². The lowest BCUT2D eigenvalue weighted by Gasteiger charge is -2.16. The normalized spacial score (nSPS) is 13.1. The average molecular weight is 542 g/mol. The fraction of sp³-hybridized carbons (Fsp3) is 0.182. The number of aliphatic hydroxyl groups excluding tert-OH is 1. The number of hydrogen-bond donors (Lipinski definition) is 2. The first-order chi connectivity index (χ1) is 14.2. The van der Waals surface area contributed by atoms with E-state index in [1.807, 2.05) is 41.0 Å². The van der Waals surface area contributed by atoms with Gasteiger partial charge in [0.1, 0.15) is 0 Å². The first-order valence-corrected chi connectivity index (χ1v) is 10.8. The molecule has 30 heavy (non-hydrogen) atoms. The molecule has 0 saturated heterocycles. The molecule has 0 saturated carbocycles. The summed E-state index contributed by atoms with van der Waals surface area (Å²) in [5.74, 6) is 0. The fourth-order valence-corrected chi connectivity index (χ4v) is 4.28. The second-order valence-electron chi connectivity index (χ2n) is 7.05. The Hall–Kier alpha value is -2.03. The standard InChI is InChI=1S/C22H17Br2F3N2O/c23-14-4-6-20-18(9-14)19-10-15(24)5-7-21(19)29(20)12-17(30)11-28-16-3-1-2-13(8-16)22(25,26)27/h1-10,17,28,30H,11-12H2/t17-/m1/s1. The Morgan fingerprint density at radius 3 is 2.07 bits per heavy atom. The molecule has 1 heterocycles. The molecule has 3 aromatic carbocycles. The first kappa shape index (κ1) is 21.2. The smallest absolute Gasteiger partial charge is 0.389 e. The van der Waals surface area contributed by atoms with Crippen molar-refractivity contribution in [3.8, 4) is 0 Å². The van der Waals surface area contributed by atoms with Crippen molar-refractivity contribution in [1.82, 2.24) is 4.57 Å². The number of nitrogens with zero attached hydrogens (tertiary/aromatic N) is 1. The van der Waals surface area contributed by atoms with Gasteiger partial charge in [-0.15, -0.1) is 0 Å². The molecule has 2 N–H and O–H groups in total. The minimum Gasteiger partial charge on any atom is -0.389 e. The highest BCUT2D eigenvalue weighted by atomic mass is 79.9. The Morgan fingerprint density at radius 2 is 1.50 bits per heavy atom. The van der Waals surface area contributed by atoms with Gasteiger partial charge in [-0.25, -0.2) is 0 Å². The number of anilines is 1. The van der Waals surface area contributed by atoms with Gasteiger partial charge in [0, 0.05) is 43.0 Å². The van der Waals surface area contributed by atoms with Gasteiger partial charge in [-0.3, -0.25) is 0 Å². The van der Waals surface area contributed by atoms with Gasteiger partial charge < -0.3 is 15.0 Å². The number of hydrogen-bond acceptors (Lipinski definition) is 2. The van der Waals surface area contributed by atoms with Crippen molar-refractivity contribution in [1.29, 1.82) is 0 Å². The second-order valence-corrected chi connectivity index (χ2v) is 8.88. The third-order valence-corrected chi connectivity index (χ3v) is 5.90. The molecule has 1 aromatic heterocycles. The average Bonchev–Trinajstić information content (AvgIpc) is 2.98. The summed E-state index contributed by atoms with van der Waals surface area (Å²) in [5.41, 5.74) is 1.55. The van der Waals surface area contributed by atoms with Crippen LogP contribution in [0.2, 0.25) is 0 Å². The lowest BCUT2D eigenvalue weighted by atomic mass is 10.2. The predicted octanol–water partition coefficient (Wildman–Crippen LogP) is 6.81. The Kier molecular flexibility index (Phi) is 5.83. The number of halogens is 5. The molecule has 156 valence electrons. The van der Waals surface area contributed by atoms with Crippen LogP contribution in [0.25, 0.3) is 21.8 Å². The fourth-order valence-electron chi connectivity index (χ4n) is 3.56. The third kappa shape index (κ3) is 4.36. The van der Waals surface area contributed by atoms with E-state index in [2.05, 4.69) is 37.2 Å². The number of rotatable bonds is 5. The number of alkyl halides is 3. The highest BCUT2D eigenvalue weighted by Gasteiger charge is 2.30. The molecule has 4 rings (SSSR count). The van der Waals surface area contributed by atoms with Crippen LogP contribution in [0.15, 0.2) is 69.6 Å². The number of nitrogens with one attached hydrogen (secondary N) is 1. The highest BCUT2D eigenvalue weighted by Crippen LogP contribution is 2.33. The molecule has 0 aliphatic rings. The monoisotopic (exact) mass is 540 g/mol. The van der Waals surface area contributed by atoms with E-state index >= 15 is 0 Å². The molecule has 0 spiro atoms. The Labute approximate surface area is 187 Å². The molecule has 3 nitrogen and oxygen atoms in total. The van der Waals surface area contributed by atoms with E-state index in [4.69, 9.17) is 0 Å². The SMILES string of the molecule is O[C@H](CNc1cccc(C(F)(F)F)c1)Cn1c2ccc(Br)cc2c2cc(Br)ccc21. The molecular formula is C22H17Br2F3N2O. The van der Waals surface area contributed by atoms with Crippen molar-refractivity contribution in [2.24, 2.45) is 0 Å². The Balaban J connectivity index is 1.58. The van der Waals surface area contributed by atoms with Gasteiger partial charge >= 0.3 is 6.18 Å². The van der Waals surface area contributed by atoms with E-state index in [1.165, 1.54) is 6.07 Å². The van der Waals surface area contributed by atoms with Crippen LogP contribution in [0.1, 0.15) is 5.56 Å². The van der Waals surface area contributed by atoms with Crippen LogP contribution in [-0.2, 0) is 12.7 Å². The van der Waals surface area contributed by atoms with Crippen LogP contribution in [-0.4, -0.2) is 22.3 Å². The molecule has 0 aliphatic heterocycles. The van der Waals surface area contributed by atoms with E-state index in [-0.39, 0.29) is 6.54 Å². The Bertz CT molecular complexity index is 1160. The Morgan fingerprint density at radius 1 is 0.900 bits per heavy atom. The highest BCUT2D eigenvalue weighted by molar-refractivity contribution is 9.10. The van der Waals surface area contributed by atoms with Crippen molar-refractivity contribution in [3.05, 3.63) is 75.2 Å². The molecule has 0 unspecified atom stereocenters. The van der Waals surface area contributed by atoms with Gasteiger partial charge in [0.15, 0.2) is 0 Å². The van der Waals surface area contributed by atoms with E-state index in [0.717, 1.165) is 42.9 Å². The van der Waals surface area contributed by atoms with Crippen LogP contribution in [0.4, 0.5) is 18.9 Å². The minimum atomic E-state index is -4.40. The maximum atomic E-state index is 12.9. The maximum absolute atomic E-state index is 12.9. The third-order valence-electron chi connectivity index (χ3n) is 4.91. The summed E-state index contributed by atoms with van der Waals surface area (Å²) in [6.45, 7) is 0.421. The van der Waals surface area contributed by atoms with Crippen molar-refractivity contribution >= 4 is 59.4 Å². The largest absolute Gasteiger partial charge is 0.416 e. The van der Waals surface area contributed by atoms with Crippen LogP contribution < -0.4 is 5.32 Å². The first-order valence-electron chi connectivity index (χ1n) is 9.18. The summed E-state index contributed by atoms with van der Waals surface area (Å²) in [7, 11) is 0. The van der Waals surface area contributed by atoms with Crippen molar-refractivity contribution in [2.45, 2.75) is 18.8 Å². The number of aromatic nitrogens is 1. The lowest BCUT2D eigenvalue weighted by Crippen LogP contribution is -2.25.